The predicted octanol–water partition coefficient (Wildman–Crippen LogP) is 4.84. The zero-order valence-electron chi connectivity index (χ0n) is 21.5. The SMILES string of the molecule is CC1(C)[C@H]2CC[C@@]1(c1cccc(-n3cnc(CCS(C)(=O)=O)n3)n1)c1nnc(-c3c(F)cccc3F)c(Cl)c12. The van der Waals surface area contributed by atoms with Gasteiger partial charge >= 0.3 is 0 Å². The fourth-order valence-corrected chi connectivity index (χ4v) is 7.29. The lowest BCUT2D eigenvalue weighted by Crippen LogP contribution is -2.38. The van der Waals surface area contributed by atoms with E-state index in [1.165, 1.54) is 35.5 Å². The number of hydrogen-bond acceptors (Lipinski definition) is 7. The van der Waals surface area contributed by atoms with Gasteiger partial charge in [0, 0.05) is 18.2 Å². The van der Waals surface area contributed by atoms with Gasteiger partial charge in [0.1, 0.15) is 33.5 Å². The van der Waals surface area contributed by atoms with Crippen molar-refractivity contribution >= 4 is 21.4 Å². The van der Waals surface area contributed by atoms with Gasteiger partial charge < -0.3 is 0 Å². The van der Waals surface area contributed by atoms with E-state index >= 15 is 0 Å². The van der Waals surface area contributed by atoms with E-state index in [1.54, 1.807) is 6.07 Å². The number of hydrogen-bond donors (Lipinski definition) is 0. The van der Waals surface area contributed by atoms with Gasteiger partial charge in [-0.15, -0.1) is 10.2 Å². The maximum absolute atomic E-state index is 14.6. The molecule has 0 unspecified atom stereocenters. The lowest BCUT2D eigenvalue weighted by atomic mass is 9.66. The van der Waals surface area contributed by atoms with Gasteiger partial charge in [-0.1, -0.05) is 37.6 Å². The second-order valence-corrected chi connectivity index (χ2v) is 13.4. The molecule has 2 atom stereocenters. The number of nitrogens with zero attached hydrogens (tertiary/aromatic N) is 6. The highest BCUT2D eigenvalue weighted by Crippen LogP contribution is 2.70. The quantitative estimate of drug-likeness (QED) is 0.327. The molecule has 0 amide bonds. The first-order valence-corrected chi connectivity index (χ1v) is 14.9. The van der Waals surface area contributed by atoms with Crippen LogP contribution in [-0.2, 0) is 21.7 Å². The molecule has 0 N–H and O–H groups in total. The first kappa shape index (κ1) is 25.9. The van der Waals surface area contributed by atoms with Crippen LogP contribution in [-0.4, -0.2) is 50.4 Å². The molecule has 1 saturated carbocycles. The molecule has 202 valence electrons. The lowest BCUT2D eigenvalue weighted by molar-refractivity contribution is 0.242. The smallest absolute Gasteiger partial charge is 0.155 e. The maximum Gasteiger partial charge on any atom is 0.155 e. The molecule has 0 aliphatic heterocycles. The topological polar surface area (TPSA) is 104 Å². The second kappa shape index (κ2) is 8.85. The van der Waals surface area contributed by atoms with Gasteiger partial charge in [0.2, 0.25) is 0 Å². The number of halogens is 3. The summed E-state index contributed by atoms with van der Waals surface area (Å²) in [7, 11) is -3.14. The van der Waals surface area contributed by atoms with E-state index in [2.05, 4.69) is 34.1 Å². The average molecular weight is 571 g/mol. The monoisotopic (exact) mass is 570 g/mol. The van der Waals surface area contributed by atoms with Gasteiger partial charge in [-0.3, -0.25) is 0 Å². The summed E-state index contributed by atoms with van der Waals surface area (Å²) in [6.07, 6.45) is 4.45. The molecule has 39 heavy (non-hydrogen) atoms. The molecule has 4 aromatic rings. The molecule has 2 aliphatic rings. The summed E-state index contributed by atoms with van der Waals surface area (Å²) in [4.78, 5) is 9.20. The summed E-state index contributed by atoms with van der Waals surface area (Å²) in [6.45, 7) is 4.28. The van der Waals surface area contributed by atoms with Gasteiger partial charge in [0.25, 0.3) is 0 Å². The van der Waals surface area contributed by atoms with Crippen molar-refractivity contribution in [2.45, 2.75) is 44.4 Å². The van der Waals surface area contributed by atoms with Crippen LogP contribution in [0.4, 0.5) is 8.78 Å². The van der Waals surface area contributed by atoms with Gasteiger partial charge in [0.15, 0.2) is 11.6 Å². The molecule has 0 saturated heterocycles. The van der Waals surface area contributed by atoms with E-state index in [1.807, 2.05) is 12.1 Å². The first-order valence-electron chi connectivity index (χ1n) is 12.5. The highest BCUT2D eigenvalue weighted by molar-refractivity contribution is 7.90. The largest absolute Gasteiger partial charge is 0.233 e. The van der Waals surface area contributed by atoms with Crippen LogP contribution in [0.15, 0.2) is 42.7 Å². The Hall–Kier alpha value is -3.31. The summed E-state index contributed by atoms with van der Waals surface area (Å²) in [5, 5.41) is 13.5. The first-order chi connectivity index (χ1) is 18.4. The van der Waals surface area contributed by atoms with Crippen molar-refractivity contribution in [1.29, 1.82) is 0 Å². The lowest BCUT2D eigenvalue weighted by Gasteiger charge is -2.37. The van der Waals surface area contributed by atoms with E-state index < -0.39 is 26.9 Å². The summed E-state index contributed by atoms with van der Waals surface area (Å²) >= 11 is 6.87. The van der Waals surface area contributed by atoms with Gasteiger partial charge in [0.05, 0.1) is 33.1 Å². The molecule has 1 fully saturated rings. The molecular weight excluding hydrogens is 546 g/mol. The Balaban J connectivity index is 1.45. The van der Waals surface area contributed by atoms with Crippen LogP contribution < -0.4 is 0 Å². The van der Waals surface area contributed by atoms with Crippen molar-refractivity contribution in [1.82, 2.24) is 29.9 Å². The summed E-state index contributed by atoms with van der Waals surface area (Å²) in [5.74, 6) is -0.620. The Bertz CT molecular complexity index is 1720. The van der Waals surface area contributed by atoms with Crippen LogP contribution >= 0.6 is 11.6 Å². The molecule has 3 aromatic heterocycles. The summed E-state index contributed by atoms with van der Waals surface area (Å²) in [5.41, 5.74) is 0.902. The van der Waals surface area contributed by atoms with E-state index in [4.69, 9.17) is 16.6 Å². The summed E-state index contributed by atoms with van der Waals surface area (Å²) < 4.78 is 53.9. The normalized spacial score (nSPS) is 21.3. The third-order valence-electron chi connectivity index (χ3n) is 8.32. The minimum Gasteiger partial charge on any atom is -0.233 e. The molecule has 0 spiro atoms. The summed E-state index contributed by atoms with van der Waals surface area (Å²) in [6, 6.07) is 9.26. The molecular formula is C27H25ClF2N6O2S. The van der Waals surface area contributed by atoms with E-state index in [-0.39, 0.29) is 39.8 Å². The van der Waals surface area contributed by atoms with Crippen molar-refractivity contribution in [2.24, 2.45) is 5.41 Å². The average Bonchev–Trinajstić information content (AvgIpc) is 3.52. The fourth-order valence-electron chi connectivity index (χ4n) is 6.38. The Morgan fingerprint density at radius 3 is 2.54 bits per heavy atom. The zero-order valence-corrected chi connectivity index (χ0v) is 23.1. The molecule has 2 bridgehead atoms. The molecule has 6 rings (SSSR count). The number of aromatic nitrogens is 6. The van der Waals surface area contributed by atoms with Crippen LogP contribution in [0.1, 0.15) is 55.4 Å². The van der Waals surface area contributed by atoms with Crippen molar-refractivity contribution in [3.05, 3.63) is 82.2 Å². The third-order valence-corrected chi connectivity index (χ3v) is 9.65. The van der Waals surface area contributed by atoms with Crippen LogP contribution in [0.3, 0.4) is 0 Å². The minimum absolute atomic E-state index is 0.00420. The van der Waals surface area contributed by atoms with Crippen LogP contribution in [0, 0.1) is 17.0 Å². The van der Waals surface area contributed by atoms with Gasteiger partial charge in [-0.2, -0.15) is 5.10 Å². The Morgan fingerprint density at radius 1 is 1.10 bits per heavy atom. The number of sulfone groups is 1. The van der Waals surface area contributed by atoms with Crippen molar-refractivity contribution < 1.29 is 17.2 Å². The van der Waals surface area contributed by atoms with Gasteiger partial charge in [-0.25, -0.2) is 31.8 Å². The number of benzene rings is 1. The second-order valence-electron chi connectivity index (χ2n) is 10.8. The number of pyridine rings is 1. The Labute approximate surface area is 229 Å². The van der Waals surface area contributed by atoms with Gasteiger partial charge in [-0.05, 0) is 48.4 Å². The molecule has 0 radical (unpaired) electrons. The van der Waals surface area contributed by atoms with Crippen molar-refractivity contribution in [3.8, 4) is 17.1 Å². The number of aryl methyl sites for hydroxylation is 1. The Kier molecular flexibility index (Phi) is 5.89. The molecule has 3 heterocycles. The van der Waals surface area contributed by atoms with Crippen LogP contribution in [0.5, 0.6) is 0 Å². The molecule has 12 heteroatoms. The van der Waals surface area contributed by atoms with E-state index in [9.17, 15) is 17.2 Å². The van der Waals surface area contributed by atoms with Crippen molar-refractivity contribution in [3.63, 3.8) is 0 Å². The maximum atomic E-state index is 14.6. The highest BCUT2D eigenvalue weighted by atomic mass is 35.5. The molecule has 2 aliphatic carbocycles. The zero-order chi connectivity index (χ0) is 27.7. The van der Waals surface area contributed by atoms with E-state index in [0.29, 0.717) is 17.3 Å². The third kappa shape index (κ3) is 3.88. The molecule has 1 aromatic carbocycles. The number of fused-ring (bicyclic) bond motifs is 5. The van der Waals surface area contributed by atoms with Crippen LogP contribution in [0.25, 0.3) is 17.1 Å². The Morgan fingerprint density at radius 2 is 1.82 bits per heavy atom. The molecule has 8 nitrogen and oxygen atoms in total. The fraction of sp³-hybridized carbons (Fsp3) is 0.370. The van der Waals surface area contributed by atoms with E-state index in [0.717, 1.165) is 24.1 Å². The number of rotatable bonds is 6. The standard InChI is InChI=1S/C27H25ClF2N6O2S/c1-26(2)15-10-12-27(26,25-21(15)23(28)24(33-34-25)22-16(29)6-4-7-17(22)30)18-8-5-9-20(32-18)36-14-31-19(35-36)11-13-39(3,37)38/h4-9,14-15H,10-13H2,1-3H3/t15-,27+/m0/s1. The van der Waals surface area contributed by atoms with Crippen molar-refractivity contribution in [2.75, 3.05) is 12.0 Å². The van der Waals surface area contributed by atoms with Crippen LogP contribution in [0.2, 0.25) is 5.02 Å². The highest BCUT2D eigenvalue weighted by Gasteiger charge is 2.65. The predicted molar refractivity (Wildman–Crippen MR) is 141 cm³/mol. The minimum atomic E-state index is -3.14.